The van der Waals surface area contributed by atoms with Crippen molar-refractivity contribution in [3.8, 4) is 11.5 Å². The molecule has 0 amide bonds. The van der Waals surface area contributed by atoms with Gasteiger partial charge in [-0.2, -0.15) is 10.3 Å². The first-order valence-electron chi connectivity index (χ1n) is 7.06. The highest BCUT2D eigenvalue weighted by molar-refractivity contribution is 5.59. The van der Waals surface area contributed by atoms with Crippen molar-refractivity contribution in [2.45, 2.75) is 39.0 Å². The Morgan fingerprint density at radius 1 is 1.32 bits per heavy atom. The minimum atomic E-state index is 0.609. The molecule has 2 aromatic heterocycles. The highest BCUT2D eigenvalue weighted by Crippen LogP contribution is 2.63. The summed E-state index contributed by atoms with van der Waals surface area (Å²) in [4.78, 5) is 0. The topological polar surface area (TPSA) is 83.1 Å². The van der Waals surface area contributed by atoms with Crippen LogP contribution < -0.4 is 0 Å². The average molecular weight is 258 g/mol. The van der Waals surface area contributed by atoms with Crippen molar-refractivity contribution in [2.24, 2.45) is 17.8 Å². The molecule has 6 heteroatoms. The van der Waals surface area contributed by atoms with Crippen LogP contribution in [0.5, 0.6) is 0 Å². The zero-order valence-electron chi connectivity index (χ0n) is 11.2. The van der Waals surface area contributed by atoms with Gasteiger partial charge in [-0.25, -0.2) is 0 Å². The van der Waals surface area contributed by atoms with E-state index in [1.54, 1.807) is 0 Å². The van der Waals surface area contributed by atoms with Crippen molar-refractivity contribution >= 4 is 0 Å². The van der Waals surface area contributed by atoms with Gasteiger partial charge < -0.3 is 0 Å². The molecule has 100 valence electrons. The van der Waals surface area contributed by atoms with Gasteiger partial charge in [0.1, 0.15) is 5.69 Å². The largest absolute Gasteiger partial charge is 0.281 e. The van der Waals surface area contributed by atoms with Crippen LogP contribution in [0.15, 0.2) is 0 Å². The predicted octanol–water partition coefficient (Wildman–Crippen LogP) is 1.91. The van der Waals surface area contributed by atoms with Crippen LogP contribution in [0, 0.1) is 17.8 Å². The van der Waals surface area contributed by atoms with E-state index < -0.39 is 0 Å². The minimum absolute atomic E-state index is 0.609. The van der Waals surface area contributed by atoms with E-state index in [9.17, 15) is 0 Å². The van der Waals surface area contributed by atoms with E-state index in [1.807, 2.05) is 0 Å². The van der Waals surface area contributed by atoms with E-state index >= 15 is 0 Å². The van der Waals surface area contributed by atoms with Gasteiger partial charge in [-0.1, -0.05) is 20.3 Å². The Hall–Kier alpha value is -1.72. The Bertz CT molecular complexity index is 584. The molecule has 2 aliphatic rings. The fourth-order valence-electron chi connectivity index (χ4n) is 3.61. The van der Waals surface area contributed by atoms with Crippen LogP contribution in [0.3, 0.4) is 0 Å². The van der Waals surface area contributed by atoms with Crippen LogP contribution in [0.4, 0.5) is 0 Å². The molecule has 0 aromatic carbocycles. The number of nitrogens with one attached hydrogen (secondary N) is 2. The molecule has 3 atom stereocenters. The monoisotopic (exact) mass is 258 g/mol. The molecule has 2 N–H and O–H groups in total. The second kappa shape index (κ2) is 3.88. The summed E-state index contributed by atoms with van der Waals surface area (Å²) >= 11 is 0. The number of aromatic nitrogens is 6. The smallest absolute Gasteiger partial charge is 0.225 e. The van der Waals surface area contributed by atoms with E-state index in [-0.39, 0.29) is 0 Å². The molecule has 19 heavy (non-hydrogen) atoms. The average Bonchev–Trinajstić information content (AvgIpc) is 2.85. The molecule has 1 saturated carbocycles. The Kier molecular flexibility index (Phi) is 2.28. The van der Waals surface area contributed by atoms with Crippen LogP contribution in [-0.4, -0.2) is 30.8 Å². The molecule has 2 heterocycles. The summed E-state index contributed by atoms with van der Waals surface area (Å²) in [5.41, 5.74) is 3.54. The molecule has 2 aliphatic carbocycles. The van der Waals surface area contributed by atoms with Gasteiger partial charge >= 0.3 is 0 Å². The summed E-state index contributed by atoms with van der Waals surface area (Å²) in [6.07, 6.45) is 3.81. The van der Waals surface area contributed by atoms with E-state index in [2.05, 4.69) is 44.7 Å². The normalized spacial score (nSPS) is 27.6. The van der Waals surface area contributed by atoms with Crippen molar-refractivity contribution in [1.82, 2.24) is 30.8 Å². The van der Waals surface area contributed by atoms with Crippen LogP contribution in [0.1, 0.15) is 43.9 Å². The third-order valence-electron chi connectivity index (χ3n) is 4.64. The lowest BCUT2D eigenvalue weighted by Gasteiger charge is -2.06. The van der Waals surface area contributed by atoms with Crippen LogP contribution in [0.2, 0.25) is 0 Å². The van der Waals surface area contributed by atoms with Gasteiger partial charge in [-0.05, 0) is 35.8 Å². The van der Waals surface area contributed by atoms with Crippen molar-refractivity contribution in [2.75, 3.05) is 0 Å². The lowest BCUT2D eigenvalue weighted by atomic mass is 9.99. The molecule has 0 radical (unpaired) electrons. The van der Waals surface area contributed by atoms with Crippen molar-refractivity contribution in [3.05, 3.63) is 11.3 Å². The lowest BCUT2D eigenvalue weighted by Crippen LogP contribution is -1.96. The van der Waals surface area contributed by atoms with Gasteiger partial charge in [0.2, 0.25) is 5.82 Å². The Labute approximate surface area is 111 Å². The SMILES string of the molecule is CC(C)CC[C@@H]1C2Cc3c(-c4nn[nH]n4)n[nH]c3[C@H]21. The molecule has 0 spiro atoms. The van der Waals surface area contributed by atoms with Gasteiger partial charge in [0.05, 0.1) is 0 Å². The maximum absolute atomic E-state index is 4.38. The number of hydrogen-bond donors (Lipinski definition) is 2. The summed E-state index contributed by atoms with van der Waals surface area (Å²) in [6.45, 7) is 4.60. The quantitative estimate of drug-likeness (QED) is 0.877. The highest BCUT2D eigenvalue weighted by atomic mass is 15.5. The first kappa shape index (κ1) is 11.1. The zero-order chi connectivity index (χ0) is 13.0. The van der Waals surface area contributed by atoms with Gasteiger partial charge in [0.15, 0.2) is 0 Å². The molecular formula is C13H18N6. The van der Waals surface area contributed by atoms with Gasteiger partial charge in [-0.3, -0.25) is 5.10 Å². The van der Waals surface area contributed by atoms with Crippen LogP contribution >= 0.6 is 0 Å². The number of aromatic amines is 2. The minimum Gasteiger partial charge on any atom is -0.281 e. The number of rotatable bonds is 4. The third-order valence-corrected chi connectivity index (χ3v) is 4.64. The lowest BCUT2D eigenvalue weighted by molar-refractivity contribution is 0.502. The molecule has 1 fully saturated rings. The maximum atomic E-state index is 4.38. The summed E-state index contributed by atoms with van der Waals surface area (Å²) in [5.74, 6) is 3.82. The number of fused-ring (bicyclic) bond motifs is 3. The van der Waals surface area contributed by atoms with E-state index in [0.717, 1.165) is 29.9 Å². The third kappa shape index (κ3) is 1.62. The van der Waals surface area contributed by atoms with Gasteiger partial charge in [-0.15, -0.1) is 10.2 Å². The summed E-state index contributed by atoms with van der Waals surface area (Å²) in [5, 5.41) is 21.7. The fraction of sp³-hybridized carbons (Fsp3) is 0.692. The Balaban J connectivity index is 1.54. The fourth-order valence-corrected chi connectivity index (χ4v) is 3.61. The molecule has 6 nitrogen and oxygen atoms in total. The van der Waals surface area contributed by atoms with Crippen LogP contribution in [-0.2, 0) is 6.42 Å². The van der Waals surface area contributed by atoms with Crippen molar-refractivity contribution < 1.29 is 0 Å². The summed E-state index contributed by atoms with van der Waals surface area (Å²) < 4.78 is 0. The number of H-pyrrole nitrogens is 2. The van der Waals surface area contributed by atoms with Crippen LogP contribution in [0.25, 0.3) is 11.5 Å². The van der Waals surface area contributed by atoms with Crippen molar-refractivity contribution in [1.29, 1.82) is 0 Å². The highest BCUT2D eigenvalue weighted by Gasteiger charge is 2.57. The molecule has 0 saturated heterocycles. The Morgan fingerprint density at radius 2 is 2.21 bits per heavy atom. The van der Waals surface area contributed by atoms with E-state index in [0.29, 0.717) is 11.7 Å². The maximum Gasteiger partial charge on any atom is 0.225 e. The molecule has 0 bridgehead atoms. The summed E-state index contributed by atoms with van der Waals surface area (Å²) in [6, 6.07) is 0. The zero-order valence-corrected chi connectivity index (χ0v) is 11.2. The predicted molar refractivity (Wildman–Crippen MR) is 69.3 cm³/mol. The second-order valence-electron chi connectivity index (χ2n) is 6.23. The first-order valence-corrected chi connectivity index (χ1v) is 7.06. The van der Waals surface area contributed by atoms with Crippen molar-refractivity contribution in [3.63, 3.8) is 0 Å². The molecule has 4 rings (SSSR count). The Morgan fingerprint density at radius 3 is 2.95 bits per heavy atom. The molecular weight excluding hydrogens is 240 g/mol. The van der Waals surface area contributed by atoms with Gasteiger partial charge in [0, 0.05) is 17.2 Å². The molecule has 0 aliphatic heterocycles. The molecule has 2 aromatic rings. The van der Waals surface area contributed by atoms with E-state index in [4.69, 9.17) is 0 Å². The number of nitrogens with zero attached hydrogens (tertiary/aromatic N) is 4. The second-order valence-corrected chi connectivity index (χ2v) is 6.23. The first-order chi connectivity index (χ1) is 9.25. The molecule has 1 unspecified atom stereocenters. The summed E-state index contributed by atoms with van der Waals surface area (Å²) in [7, 11) is 0. The van der Waals surface area contributed by atoms with Gasteiger partial charge in [0.25, 0.3) is 0 Å². The van der Waals surface area contributed by atoms with E-state index in [1.165, 1.54) is 24.1 Å². The number of hydrogen-bond acceptors (Lipinski definition) is 4. The standard InChI is InChI=1S/C13H18N6/c1-6(2)3-4-7-8-5-9-11(10(7)8)14-15-12(9)13-16-18-19-17-13/h6-8,10H,3-5H2,1-2H3,(H,14,15)(H,16,17,18,19)/t7-,8?,10+/m1/s1. The number of tetrazole rings is 1.